The third kappa shape index (κ3) is 3.76. The van der Waals surface area contributed by atoms with E-state index in [1.54, 1.807) is 19.1 Å². The molecule has 3 rings (SSSR count). The highest BCUT2D eigenvalue weighted by Gasteiger charge is 2.37. The first-order valence-corrected chi connectivity index (χ1v) is 9.63. The zero-order valence-electron chi connectivity index (χ0n) is 16.2. The largest absolute Gasteiger partial charge is 0.463 e. The molecule has 1 aliphatic rings. The van der Waals surface area contributed by atoms with Gasteiger partial charge in [-0.2, -0.15) is 4.37 Å². The summed E-state index contributed by atoms with van der Waals surface area (Å²) in [6.45, 7) is 4.40. The number of hydrogen-bond donors (Lipinski definition) is 1. The van der Waals surface area contributed by atoms with Crippen molar-refractivity contribution < 1.29 is 14.5 Å². The summed E-state index contributed by atoms with van der Waals surface area (Å²) in [4.78, 5) is 25.7. The van der Waals surface area contributed by atoms with Crippen LogP contribution in [-0.2, 0) is 16.1 Å². The number of hydrogen-bond acceptors (Lipinski definition) is 8. The van der Waals surface area contributed by atoms with Crippen LogP contribution in [0.3, 0.4) is 0 Å². The lowest BCUT2D eigenvalue weighted by atomic mass is 9.81. The molecule has 0 bridgehead atoms. The Labute approximate surface area is 167 Å². The first-order chi connectivity index (χ1) is 13.3. The maximum atomic E-state index is 12.8. The molecular formula is C19H22N4O4S. The predicted molar refractivity (Wildman–Crippen MR) is 107 cm³/mol. The minimum absolute atomic E-state index is 0.0178. The maximum Gasteiger partial charge on any atom is 0.336 e. The number of carbonyl (C=O) groups excluding carboxylic acids is 1. The number of benzene rings is 1. The molecule has 1 aliphatic heterocycles. The molecule has 8 nitrogen and oxygen atoms in total. The van der Waals surface area contributed by atoms with E-state index < -0.39 is 16.8 Å². The van der Waals surface area contributed by atoms with E-state index in [1.165, 1.54) is 23.7 Å². The van der Waals surface area contributed by atoms with Gasteiger partial charge in [0.2, 0.25) is 0 Å². The number of non-ortho nitro benzene ring substituents is 1. The molecule has 1 atom stereocenters. The van der Waals surface area contributed by atoms with Gasteiger partial charge in [0.25, 0.3) is 5.69 Å². The van der Waals surface area contributed by atoms with Crippen LogP contribution in [0.4, 0.5) is 10.7 Å². The molecule has 2 aromatic rings. The van der Waals surface area contributed by atoms with Crippen molar-refractivity contribution in [3.8, 4) is 0 Å². The third-order valence-corrected chi connectivity index (χ3v) is 5.28. The Morgan fingerprint density at radius 3 is 2.82 bits per heavy atom. The molecule has 148 valence electrons. The molecule has 0 aliphatic carbocycles. The molecule has 1 unspecified atom stereocenters. The molecule has 1 N–H and O–H groups in total. The number of carbonyl (C=O) groups is 1. The summed E-state index contributed by atoms with van der Waals surface area (Å²) < 4.78 is 9.87. The maximum absolute atomic E-state index is 12.8. The summed E-state index contributed by atoms with van der Waals surface area (Å²) >= 11 is 1.33. The summed E-state index contributed by atoms with van der Waals surface area (Å²) in [5.41, 5.74) is 3.48. The van der Waals surface area contributed by atoms with Gasteiger partial charge in [-0.3, -0.25) is 10.1 Å². The Bertz CT molecular complexity index is 951. The molecule has 1 aromatic heterocycles. The molecule has 0 saturated heterocycles. The van der Waals surface area contributed by atoms with Crippen LogP contribution in [0.25, 0.3) is 0 Å². The third-order valence-electron chi connectivity index (χ3n) is 4.46. The molecule has 0 fully saturated rings. The van der Waals surface area contributed by atoms with Gasteiger partial charge in [-0.05, 0) is 45.0 Å². The van der Waals surface area contributed by atoms with Crippen LogP contribution in [0.1, 0.15) is 36.6 Å². The zero-order valence-corrected chi connectivity index (χ0v) is 17.0. The monoisotopic (exact) mass is 402 g/mol. The van der Waals surface area contributed by atoms with Crippen molar-refractivity contribution in [3.05, 3.63) is 62.5 Å². The second-order valence-electron chi connectivity index (χ2n) is 6.78. The minimum atomic E-state index is -0.483. The van der Waals surface area contributed by atoms with Crippen molar-refractivity contribution in [1.29, 1.82) is 0 Å². The van der Waals surface area contributed by atoms with Crippen molar-refractivity contribution in [3.63, 3.8) is 0 Å². The van der Waals surface area contributed by atoms with Crippen LogP contribution >= 0.6 is 11.5 Å². The highest BCUT2D eigenvalue weighted by atomic mass is 32.1. The van der Waals surface area contributed by atoms with E-state index in [9.17, 15) is 14.9 Å². The molecule has 2 heterocycles. The number of nitrogens with one attached hydrogen (secondary N) is 1. The van der Waals surface area contributed by atoms with Gasteiger partial charge in [0.1, 0.15) is 5.00 Å². The number of esters is 1. The molecule has 1 aromatic carbocycles. The topological polar surface area (TPSA) is 97.6 Å². The smallest absolute Gasteiger partial charge is 0.336 e. The summed E-state index contributed by atoms with van der Waals surface area (Å²) in [5.74, 6) is -0.916. The van der Waals surface area contributed by atoms with Crippen molar-refractivity contribution >= 4 is 28.2 Å². The number of allylic oxidation sites excluding steroid dienone is 1. The van der Waals surface area contributed by atoms with Crippen molar-refractivity contribution in [2.75, 3.05) is 26.0 Å². The Balaban J connectivity index is 2.21. The van der Waals surface area contributed by atoms with Gasteiger partial charge < -0.3 is 15.0 Å². The zero-order chi connectivity index (χ0) is 20.4. The fraction of sp³-hybridized carbons (Fsp3) is 0.368. The van der Waals surface area contributed by atoms with Gasteiger partial charge in [0.15, 0.2) is 0 Å². The van der Waals surface area contributed by atoms with E-state index in [0.717, 1.165) is 16.3 Å². The standard InChI is InChI=1S/C19H22N4O4S/c1-5-27-19(24)15-11(2)20-18-17(14(21-28-18)10-22(3)4)16(15)12-7-6-8-13(9-12)23(25)26/h6-9,16,20H,5,10H2,1-4H3. The van der Waals surface area contributed by atoms with E-state index in [0.29, 0.717) is 23.4 Å². The van der Waals surface area contributed by atoms with Crippen molar-refractivity contribution in [2.24, 2.45) is 0 Å². The molecular weight excluding hydrogens is 380 g/mol. The highest BCUT2D eigenvalue weighted by molar-refractivity contribution is 7.10. The van der Waals surface area contributed by atoms with Gasteiger partial charge in [-0.25, -0.2) is 4.79 Å². The Morgan fingerprint density at radius 1 is 1.43 bits per heavy atom. The van der Waals surface area contributed by atoms with E-state index in [1.807, 2.05) is 25.9 Å². The number of nitro groups is 1. The molecule has 9 heteroatoms. The fourth-order valence-electron chi connectivity index (χ4n) is 3.36. The Kier molecular flexibility index (Phi) is 5.76. The van der Waals surface area contributed by atoms with Gasteiger partial charge in [0.05, 0.1) is 22.8 Å². The fourth-order valence-corrected chi connectivity index (χ4v) is 4.25. The molecule has 0 amide bonds. The number of ether oxygens (including phenoxy) is 1. The number of nitrogens with zero attached hydrogens (tertiary/aromatic N) is 3. The van der Waals surface area contributed by atoms with Gasteiger partial charge >= 0.3 is 5.97 Å². The summed E-state index contributed by atoms with van der Waals surface area (Å²) in [5, 5.41) is 15.4. The number of aromatic nitrogens is 1. The van der Waals surface area contributed by atoms with Gasteiger partial charge in [-0.15, -0.1) is 0 Å². The molecule has 0 radical (unpaired) electrons. The summed E-state index contributed by atoms with van der Waals surface area (Å²) in [7, 11) is 3.88. The lowest BCUT2D eigenvalue weighted by Crippen LogP contribution is -2.25. The van der Waals surface area contributed by atoms with Crippen LogP contribution in [0.5, 0.6) is 0 Å². The normalized spacial score (nSPS) is 16.0. The lowest BCUT2D eigenvalue weighted by Gasteiger charge is -2.28. The molecule has 0 spiro atoms. The first-order valence-electron chi connectivity index (χ1n) is 8.85. The number of anilines is 1. The van der Waals surface area contributed by atoms with E-state index in [-0.39, 0.29) is 12.3 Å². The Hall–Kier alpha value is -2.78. The first kappa shape index (κ1) is 20.0. The number of rotatable bonds is 6. The van der Waals surface area contributed by atoms with Gasteiger partial charge in [0, 0.05) is 35.9 Å². The lowest BCUT2D eigenvalue weighted by molar-refractivity contribution is -0.384. The van der Waals surface area contributed by atoms with Gasteiger partial charge in [-0.1, -0.05) is 12.1 Å². The minimum Gasteiger partial charge on any atom is -0.463 e. The van der Waals surface area contributed by atoms with Crippen molar-refractivity contribution in [2.45, 2.75) is 26.3 Å². The number of nitro benzene ring substituents is 1. The summed E-state index contributed by atoms with van der Waals surface area (Å²) in [6.07, 6.45) is 0. The van der Waals surface area contributed by atoms with Crippen LogP contribution in [0.2, 0.25) is 0 Å². The molecule has 28 heavy (non-hydrogen) atoms. The van der Waals surface area contributed by atoms with Crippen LogP contribution in [0.15, 0.2) is 35.5 Å². The van der Waals surface area contributed by atoms with E-state index >= 15 is 0 Å². The van der Waals surface area contributed by atoms with Crippen molar-refractivity contribution in [1.82, 2.24) is 9.27 Å². The van der Waals surface area contributed by atoms with E-state index in [2.05, 4.69) is 9.69 Å². The van der Waals surface area contributed by atoms with Crippen LogP contribution in [-0.4, -0.2) is 40.9 Å². The molecule has 0 saturated carbocycles. The summed E-state index contributed by atoms with van der Waals surface area (Å²) in [6, 6.07) is 6.40. The van der Waals surface area contributed by atoms with Crippen LogP contribution in [0, 0.1) is 10.1 Å². The number of fused-ring (bicyclic) bond motifs is 1. The highest BCUT2D eigenvalue weighted by Crippen LogP contribution is 2.46. The quantitative estimate of drug-likeness (QED) is 0.448. The second-order valence-corrected chi connectivity index (χ2v) is 7.55. The Morgan fingerprint density at radius 2 is 2.18 bits per heavy atom. The average molecular weight is 402 g/mol. The van der Waals surface area contributed by atoms with Crippen LogP contribution < -0.4 is 5.32 Å². The SMILES string of the molecule is CCOC(=O)C1=C(C)Nc2snc(CN(C)C)c2C1c1cccc([N+](=O)[O-])c1. The average Bonchev–Trinajstić information content (AvgIpc) is 3.02. The predicted octanol–water partition coefficient (Wildman–Crippen LogP) is 3.51. The van der Waals surface area contributed by atoms with E-state index in [4.69, 9.17) is 4.74 Å². The second kappa shape index (κ2) is 8.07.